The van der Waals surface area contributed by atoms with Crippen LogP contribution >= 0.6 is 0 Å². The van der Waals surface area contributed by atoms with Gasteiger partial charge in [-0.1, -0.05) is 117 Å². The first kappa shape index (κ1) is 41.2. The molecule has 61 heavy (non-hydrogen) atoms. The van der Waals surface area contributed by atoms with Gasteiger partial charge in [0.15, 0.2) is 5.78 Å². The van der Waals surface area contributed by atoms with Crippen LogP contribution in [0.4, 0.5) is 4.79 Å². The Kier molecular flexibility index (Phi) is 10.3. The van der Waals surface area contributed by atoms with Crippen molar-refractivity contribution in [3.8, 4) is 22.6 Å². The van der Waals surface area contributed by atoms with Crippen molar-refractivity contribution < 1.29 is 29.3 Å². The molecule has 2 bridgehead atoms. The molecule has 10 rings (SSSR count). The number of nitrogens with zero attached hydrogens (tertiary/aromatic N) is 1. The van der Waals surface area contributed by atoms with Gasteiger partial charge in [-0.3, -0.25) is 4.79 Å². The zero-order chi connectivity index (χ0) is 42.8. The lowest BCUT2D eigenvalue weighted by molar-refractivity contribution is -0.174. The summed E-state index contributed by atoms with van der Waals surface area (Å²) in [5.41, 5.74) is 2.29. The number of methoxy groups -OCH3 is 2. The number of nitrogens with one attached hydrogen (secondary N) is 1. The smallest absolute Gasteiger partial charge is 0.318 e. The van der Waals surface area contributed by atoms with E-state index in [-0.39, 0.29) is 48.2 Å². The number of ketones is 1. The second-order valence-corrected chi connectivity index (χ2v) is 19.2. The molecule has 6 aliphatic carbocycles. The minimum absolute atomic E-state index is 0.0256. The fraction of sp³-hybridized carbons (Fsp3) is 0.434. The average molecular weight is 821 g/mol. The van der Waals surface area contributed by atoms with Gasteiger partial charge in [0.2, 0.25) is 0 Å². The van der Waals surface area contributed by atoms with Crippen molar-refractivity contribution in [3.63, 3.8) is 0 Å². The molecular formula is C53H60N2O6. The number of allylic oxidation sites excluding steroid dienone is 4. The van der Waals surface area contributed by atoms with E-state index in [1.54, 1.807) is 19.1 Å². The maximum atomic E-state index is 15.3. The van der Waals surface area contributed by atoms with Crippen LogP contribution in [0.15, 0.2) is 127 Å². The van der Waals surface area contributed by atoms with Crippen LogP contribution in [0.25, 0.3) is 11.1 Å². The zero-order valence-corrected chi connectivity index (χ0v) is 36.2. The Hall–Kier alpha value is -5.18. The van der Waals surface area contributed by atoms with E-state index in [0.29, 0.717) is 36.3 Å². The SMILES string of the molecule is COc1ccc(CN(CC2(O)CCC3C45C=CC6(C=C4C(=O)c4ccc(-c7ccccc7)cc4)CC(O)CCC6(C)C5CCC32C)C(=O)NC(C)c2ccccc2)c(OC)c1. The summed E-state index contributed by atoms with van der Waals surface area (Å²) in [5, 5.41) is 27.8. The topological polar surface area (TPSA) is 108 Å². The lowest BCUT2D eigenvalue weighted by Crippen LogP contribution is -2.67. The summed E-state index contributed by atoms with van der Waals surface area (Å²) in [4.78, 5) is 31.6. The Morgan fingerprint density at radius 1 is 0.803 bits per heavy atom. The van der Waals surface area contributed by atoms with Gasteiger partial charge in [0.25, 0.3) is 0 Å². The second-order valence-electron chi connectivity index (χ2n) is 19.2. The fourth-order valence-electron chi connectivity index (χ4n) is 13.0. The standard InChI is InChI=1S/C53H60N2O6/c1-35(36-12-8-6-9-13-36)54-48(58)55(33-40-20-21-42(60-4)30-44(40)61-5)34-52(59)27-24-46-50(52,3)26-23-45-49(2)25-22-41(56)31-51(49)28-29-53(45,46)43(32-51)47(57)39-18-16-38(17-19-39)37-14-10-7-11-15-37/h6-21,28-30,32,35,41,45-46,56,59H,22-27,31,33-34H2,1-5H3,(H,54,58). The molecule has 4 aromatic rings. The second kappa shape index (κ2) is 15.3. The van der Waals surface area contributed by atoms with Crippen LogP contribution in [-0.2, 0) is 6.54 Å². The number of rotatable bonds is 11. The van der Waals surface area contributed by atoms with Crippen LogP contribution in [0, 0.1) is 33.5 Å². The van der Waals surface area contributed by atoms with Crippen molar-refractivity contribution in [1.29, 1.82) is 0 Å². The van der Waals surface area contributed by atoms with Gasteiger partial charge in [-0.25, -0.2) is 4.79 Å². The monoisotopic (exact) mass is 820 g/mol. The molecule has 0 heterocycles. The maximum absolute atomic E-state index is 15.3. The van der Waals surface area contributed by atoms with E-state index in [4.69, 9.17) is 9.47 Å². The number of ether oxygens (including phenoxy) is 2. The first-order valence-electron chi connectivity index (χ1n) is 22.2. The van der Waals surface area contributed by atoms with Gasteiger partial charge in [-0.05, 0) is 97.9 Å². The van der Waals surface area contributed by atoms with Gasteiger partial charge < -0.3 is 29.9 Å². The molecule has 3 fully saturated rings. The summed E-state index contributed by atoms with van der Waals surface area (Å²) in [6.07, 6.45) is 11.5. The third kappa shape index (κ3) is 6.46. The molecular weight excluding hydrogens is 761 g/mol. The van der Waals surface area contributed by atoms with Crippen molar-refractivity contribution in [2.24, 2.45) is 33.5 Å². The molecule has 0 saturated heterocycles. The number of benzene rings is 4. The summed E-state index contributed by atoms with van der Waals surface area (Å²) in [5.74, 6) is 1.37. The summed E-state index contributed by atoms with van der Waals surface area (Å²) < 4.78 is 11.3. The van der Waals surface area contributed by atoms with Gasteiger partial charge in [0.05, 0.1) is 45.1 Å². The summed E-state index contributed by atoms with van der Waals surface area (Å²) >= 11 is 0. The average Bonchev–Trinajstić information content (AvgIpc) is 3.56. The highest BCUT2D eigenvalue weighted by Gasteiger charge is 2.74. The van der Waals surface area contributed by atoms with Crippen LogP contribution < -0.4 is 14.8 Å². The number of aliphatic hydroxyl groups is 2. The molecule has 2 spiro atoms. The number of carbonyl (C=O) groups is 2. The Bertz CT molecular complexity index is 2360. The molecule has 3 saturated carbocycles. The molecule has 3 N–H and O–H groups in total. The van der Waals surface area contributed by atoms with Crippen molar-refractivity contribution in [3.05, 3.63) is 144 Å². The lowest BCUT2D eigenvalue weighted by atomic mass is 9.32. The first-order valence-corrected chi connectivity index (χ1v) is 22.2. The van der Waals surface area contributed by atoms with Crippen molar-refractivity contribution in [2.75, 3.05) is 20.8 Å². The van der Waals surface area contributed by atoms with Crippen LogP contribution in [-0.4, -0.2) is 59.4 Å². The van der Waals surface area contributed by atoms with Crippen LogP contribution in [0.3, 0.4) is 0 Å². The van der Waals surface area contributed by atoms with Gasteiger partial charge in [-0.2, -0.15) is 0 Å². The molecule has 0 aliphatic heterocycles. The highest BCUT2D eigenvalue weighted by Crippen LogP contribution is 2.78. The molecule has 8 nitrogen and oxygen atoms in total. The summed E-state index contributed by atoms with van der Waals surface area (Å²) in [6.45, 7) is 6.92. The Morgan fingerprint density at radius 3 is 2.16 bits per heavy atom. The number of hydrogen-bond donors (Lipinski definition) is 3. The van der Waals surface area contributed by atoms with Crippen LogP contribution in [0.2, 0.25) is 0 Å². The first-order chi connectivity index (χ1) is 29.3. The van der Waals surface area contributed by atoms with Gasteiger partial charge in [-0.15, -0.1) is 0 Å². The predicted octanol–water partition coefficient (Wildman–Crippen LogP) is 10.1. The fourth-order valence-corrected chi connectivity index (χ4v) is 13.0. The summed E-state index contributed by atoms with van der Waals surface area (Å²) in [7, 11) is 3.23. The third-order valence-electron chi connectivity index (χ3n) is 16.4. The van der Waals surface area contributed by atoms with Crippen LogP contribution in [0.1, 0.15) is 93.2 Å². The third-order valence-corrected chi connectivity index (χ3v) is 16.4. The number of fused-ring (bicyclic) bond motifs is 1. The number of carbonyl (C=O) groups excluding carboxylic acids is 2. The van der Waals surface area contributed by atoms with E-state index < -0.39 is 27.9 Å². The quantitative estimate of drug-likeness (QED) is 0.103. The Balaban J connectivity index is 1.09. The van der Waals surface area contributed by atoms with E-state index in [1.807, 2.05) is 97.9 Å². The van der Waals surface area contributed by atoms with Crippen molar-refractivity contribution in [2.45, 2.75) is 90.0 Å². The van der Waals surface area contributed by atoms with E-state index in [2.05, 4.69) is 49.5 Å². The molecule has 6 aliphatic rings. The minimum atomic E-state index is -1.26. The van der Waals surface area contributed by atoms with Gasteiger partial charge in [0, 0.05) is 39.0 Å². The number of hydrogen-bond acceptors (Lipinski definition) is 6. The molecule has 318 valence electrons. The minimum Gasteiger partial charge on any atom is -0.497 e. The van der Waals surface area contributed by atoms with E-state index in [9.17, 15) is 15.0 Å². The van der Waals surface area contributed by atoms with Gasteiger partial charge >= 0.3 is 6.03 Å². The molecule has 2 amide bonds. The highest BCUT2D eigenvalue weighted by molar-refractivity contribution is 6.10. The molecule has 0 radical (unpaired) electrons. The number of Topliss-reactive ketones (excluding diaryl/α,β-unsaturated/α-hetero) is 1. The Labute approximate surface area is 360 Å². The molecule has 8 heteroatoms. The Morgan fingerprint density at radius 2 is 1.46 bits per heavy atom. The predicted molar refractivity (Wildman–Crippen MR) is 238 cm³/mol. The maximum Gasteiger partial charge on any atom is 0.318 e. The van der Waals surface area contributed by atoms with Crippen LogP contribution in [0.5, 0.6) is 11.5 Å². The number of aliphatic hydroxyl groups excluding tert-OH is 1. The van der Waals surface area contributed by atoms with Crippen molar-refractivity contribution >= 4 is 11.8 Å². The van der Waals surface area contributed by atoms with E-state index >= 15 is 4.79 Å². The lowest BCUT2D eigenvalue weighted by Gasteiger charge is -2.71. The molecule has 9 atom stereocenters. The number of urea groups is 1. The highest BCUT2D eigenvalue weighted by atomic mass is 16.5. The normalized spacial score (nSPS) is 32.4. The molecule has 4 aromatic carbocycles. The molecule has 9 unspecified atom stereocenters. The molecule has 0 aromatic heterocycles. The van der Waals surface area contributed by atoms with Crippen molar-refractivity contribution in [1.82, 2.24) is 10.2 Å². The number of amides is 2. The summed E-state index contributed by atoms with van der Waals surface area (Å²) in [6, 6.07) is 33.2. The largest absolute Gasteiger partial charge is 0.497 e. The van der Waals surface area contributed by atoms with E-state index in [1.165, 1.54) is 0 Å². The van der Waals surface area contributed by atoms with E-state index in [0.717, 1.165) is 53.5 Å². The zero-order valence-electron chi connectivity index (χ0n) is 36.2. The van der Waals surface area contributed by atoms with Gasteiger partial charge in [0.1, 0.15) is 11.5 Å².